The molecule has 1 N–H and O–H groups in total. The van der Waals surface area contributed by atoms with Crippen LogP contribution in [0.15, 0.2) is 12.3 Å². The smallest absolute Gasteiger partial charge is 0.0492 e. The molecule has 2 heterocycles. The Morgan fingerprint density at radius 1 is 1.67 bits per heavy atom. The van der Waals surface area contributed by atoms with Crippen LogP contribution in [0.4, 0.5) is 0 Å². The molecule has 0 aliphatic carbocycles. The Morgan fingerprint density at radius 3 is 3.17 bits per heavy atom. The van der Waals surface area contributed by atoms with Crippen LogP contribution in [-0.4, -0.2) is 22.9 Å². The predicted octanol–water partition coefficient (Wildman–Crippen LogP) is 0.887. The Morgan fingerprint density at radius 2 is 2.58 bits per heavy atom. The van der Waals surface area contributed by atoms with Gasteiger partial charge in [-0.15, -0.1) is 0 Å². The van der Waals surface area contributed by atoms with Gasteiger partial charge < -0.3 is 5.32 Å². The van der Waals surface area contributed by atoms with Crippen LogP contribution in [0.25, 0.3) is 0 Å². The van der Waals surface area contributed by atoms with E-state index in [-0.39, 0.29) is 0 Å². The maximum Gasteiger partial charge on any atom is 0.0492 e. The van der Waals surface area contributed by atoms with Gasteiger partial charge >= 0.3 is 0 Å². The fourth-order valence-electron chi connectivity index (χ4n) is 1.89. The second-order valence-corrected chi connectivity index (χ2v) is 3.42. The number of hydrogen-bond acceptors (Lipinski definition) is 2. The summed E-state index contributed by atoms with van der Waals surface area (Å²) in [6, 6.07) is 2.12. The maximum atomic E-state index is 4.18. The van der Waals surface area contributed by atoms with Gasteiger partial charge in [0.05, 0.1) is 0 Å². The standard InChI is InChI=1S/C9H15N3/c1-12-9(4-6-11-12)8-3-2-5-10-7-8/h4,6,8,10H,2-3,5,7H2,1H3/t8-/m1/s1. The van der Waals surface area contributed by atoms with Crippen molar-refractivity contribution in [1.29, 1.82) is 0 Å². The molecule has 0 bridgehead atoms. The number of aryl methyl sites for hydroxylation is 1. The van der Waals surface area contributed by atoms with Crippen molar-refractivity contribution < 1.29 is 0 Å². The molecule has 0 spiro atoms. The number of hydrogen-bond donors (Lipinski definition) is 1. The highest BCUT2D eigenvalue weighted by Crippen LogP contribution is 2.21. The SMILES string of the molecule is Cn1nccc1[C@@H]1CCCNC1. The Balaban J connectivity index is 2.13. The third-order valence-electron chi connectivity index (χ3n) is 2.57. The van der Waals surface area contributed by atoms with Crippen LogP contribution in [0.5, 0.6) is 0 Å². The molecule has 0 unspecified atom stereocenters. The maximum absolute atomic E-state index is 4.18. The van der Waals surface area contributed by atoms with Gasteiger partial charge in [-0.05, 0) is 25.5 Å². The molecule has 66 valence electrons. The van der Waals surface area contributed by atoms with Crippen molar-refractivity contribution in [2.24, 2.45) is 7.05 Å². The molecule has 1 saturated heterocycles. The van der Waals surface area contributed by atoms with E-state index in [1.165, 1.54) is 25.1 Å². The monoisotopic (exact) mass is 165 g/mol. The summed E-state index contributed by atoms with van der Waals surface area (Å²) in [5.74, 6) is 0.672. The molecule has 1 aliphatic heterocycles. The van der Waals surface area contributed by atoms with Crippen molar-refractivity contribution in [3.63, 3.8) is 0 Å². The zero-order valence-electron chi connectivity index (χ0n) is 7.45. The average molecular weight is 165 g/mol. The van der Waals surface area contributed by atoms with Crippen LogP contribution in [0.3, 0.4) is 0 Å². The van der Waals surface area contributed by atoms with Crippen LogP contribution in [0.1, 0.15) is 24.5 Å². The minimum absolute atomic E-state index is 0.672. The van der Waals surface area contributed by atoms with Gasteiger partial charge in [0.1, 0.15) is 0 Å². The summed E-state index contributed by atoms with van der Waals surface area (Å²) < 4.78 is 1.98. The van der Waals surface area contributed by atoms with Gasteiger partial charge in [0.25, 0.3) is 0 Å². The van der Waals surface area contributed by atoms with Crippen molar-refractivity contribution in [2.75, 3.05) is 13.1 Å². The van der Waals surface area contributed by atoms with Crippen molar-refractivity contribution in [2.45, 2.75) is 18.8 Å². The molecule has 1 aromatic rings. The number of nitrogens with zero attached hydrogens (tertiary/aromatic N) is 2. The fourth-order valence-corrected chi connectivity index (χ4v) is 1.89. The van der Waals surface area contributed by atoms with Crippen molar-refractivity contribution in [3.05, 3.63) is 18.0 Å². The first-order valence-corrected chi connectivity index (χ1v) is 4.56. The predicted molar refractivity (Wildman–Crippen MR) is 48.1 cm³/mol. The van der Waals surface area contributed by atoms with Gasteiger partial charge in [0, 0.05) is 31.4 Å². The van der Waals surface area contributed by atoms with E-state index < -0.39 is 0 Å². The van der Waals surface area contributed by atoms with E-state index in [0.29, 0.717) is 5.92 Å². The minimum atomic E-state index is 0.672. The Labute approximate surface area is 72.8 Å². The molecule has 2 rings (SSSR count). The van der Waals surface area contributed by atoms with Crippen molar-refractivity contribution >= 4 is 0 Å². The van der Waals surface area contributed by atoms with Crippen LogP contribution in [0.2, 0.25) is 0 Å². The highest BCUT2D eigenvalue weighted by Gasteiger charge is 2.17. The first-order valence-electron chi connectivity index (χ1n) is 4.56. The summed E-state index contributed by atoms with van der Waals surface area (Å²) in [4.78, 5) is 0. The van der Waals surface area contributed by atoms with Gasteiger partial charge in [-0.2, -0.15) is 5.10 Å². The summed E-state index contributed by atoms with van der Waals surface area (Å²) in [6.07, 6.45) is 4.46. The Bertz CT molecular complexity index is 248. The van der Waals surface area contributed by atoms with Crippen LogP contribution >= 0.6 is 0 Å². The summed E-state index contributed by atoms with van der Waals surface area (Å²) in [5, 5.41) is 7.59. The lowest BCUT2D eigenvalue weighted by Crippen LogP contribution is -2.29. The lowest BCUT2D eigenvalue weighted by Gasteiger charge is -2.22. The third kappa shape index (κ3) is 1.37. The van der Waals surface area contributed by atoms with E-state index in [1.54, 1.807) is 0 Å². The second kappa shape index (κ2) is 3.27. The van der Waals surface area contributed by atoms with Crippen molar-refractivity contribution in [1.82, 2.24) is 15.1 Å². The van der Waals surface area contributed by atoms with Crippen LogP contribution < -0.4 is 5.32 Å². The topological polar surface area (TPSA) is 29.9 Å². The Kier molecular flexibility index (Phi) is 2.13. The summed E-state index contributed by atoms with van der Waals surface area (Å²) >= 11 is 0. The van der Waals surface area contributed by atoms with Crippen LogP contribution in [-0.2, 0) is 7.05 Å². The molecular formula is C9H15N3. The molecule has 0 saturated carbocycles. The minimum Gasteiger partial charge on any atom is -0.316 e. The molecule has 1 fully saturated rings. The first-order chi connectivity index (χ1) is 5.88. The van der Waals surface area contributed by atoms with Gasteiger partial charge in [0.2, 0.25) is 0 Å². The molecule has 0 radical (unpaired) electrons. The Hall–Kier alpha value is -0.830. The third-order valence-corrected chi connectivity index (χ3v) is 2.57. The largest absolute Gasteiger partial charge is 0.316 e. The fraction of sp³-hybridized carbons (Fsp3) is 0.667. The molecule has 3 heteroatoms. The highest BCUT2D eigenvalue weighted by molar-refractivity contribution is 5.08. The summed E-state index contributed by atoms with van der Waals surface area (Å²) in [6.45, 7) is 2.29. The van der Waals surface area contributed by atoms with Crippen molar-refractivity contribution in [3.8, 4) is 0 Å². The van der Waals surface area contributed by atoms with E-state index in [1.807, 2.05) is 17.9 Å². The quantitative estimate of drug-likeness (QED) is 0.669. The van der Waals surface area contributed by atoms with E-state index in [2.05, 4.69) is 16.5 Å². The number of rotatable bonds is 1. The molecule has 0 aromatic carbocycles. The number of piperidine rings is 1. The average Bonchev–Trinajstić information content (AvgIpc) is 2.53. The van der Waals surface area contributed by atoms with Gasteiger partial charge in [-0.1, -0.05) is 0 Å². The zero-order chi connectivity index (χ0) is 8.39. The number of aromatic nitrogens is 2. The molecule has 3 nitrogen and oxygen atoms in total. The molecular weight excluding hydrogens is 150 g/mol. The second-order valence-electron chi connectivity index (χ2n) is 3.42. The van der Waals surface area contributed by atoms with Gasteiger partial charge in [0.15, 0.2) is 0 Å². The molecule has 12 heavy (non-hydrogen) atoms. The van der Waals surface area contributed by atoms with Gasteiger partial charge in [-0.3, -0.25) is 4.68 Å². The normalized spacial score (nSPS) is 24.2. The molecule has 1 aliphatic rings. The van der Waals surface area contributed by atoms with E-state index in [9.17, 15) is 0 Å². The van der Waals surface area contributed by atoms with Gasteiger partial charge in [-0.25, -0.2) is 0 Å². The lowest BCUT2D eigenvalue weighted by atomic mass is 9.96. The molecule has 1 aromatic heterocycles. The van der Waals surface area contributed by atoms with Crippen LogP contribution in [0, 0.1) is 0 Å². The summed E-state index contributed by atoms with van der Waals surface area (Å²) in [5.41, 5.74) is 1.36. The lowest BCUT2D eigenvalue weighted by molar-refractivity contribution is 0.441. The molecule has 1 atom stereocenters. The highest BCUT2D eigenvalue weighted by atomic mass is 15.3. The van der Waals surface area contributed by atoms with E-state index in [0.717, 1.165) is 6.54 Å². The zero-order valence-corrected chi connectivity index (χ0v) is 7.45. The number of nitrogens with one attached hydrogen (secondary N) is 1. The first kappa shape index (κ1) is 7.80. The van der Waals surface area contributed by atoms with E-state index in [4.69, 9.17) is 0 Å². The molecule has 0 amide bonds. The summed E-state index contributed by atoms with van der Waals surface area (Å²) in [7, 11) is 2.02. The van der Waals surface area contributed by atoms with E-state index >= 15 is 0 Å².